The van der Waals surface area contributed by atoms with E-state index in [1.807, 2.05) is 14.8 Å². The van der Waals surface area contributed by atoms with E-state index in [1.165, 1.54) is 18.5 Å². The first-order valence-corrected chi connectivity index (χ1v) is 12.4. The van der Waals surface area contributed by atoms with Gasteiger partial charge in [0, 0.05) is 55.7 Å². The van der Waals surface area contributed by atoms with Crippen molar-refractivity contribution in [1.29, 1.82) is 0 Å². The third-order valence-electron chi connectivity index (χ3n) is 7.34. The molecule has 0 aromatic carbocycles. The quantitative estimate of drug-likeness (QED) is 0.577. The van der Waals surface area contributed by atoms with Crippen molar-refractivity contribution >= 4 is 11.6 Å². The minimum Gasteiger partial charge on any atom is -0.371 e. The number of likely N-dealkylation sites (tertiary alicyclic amines) is 1. The zero-order valence-electron chi connectivity index (χ0n) is 20.1. The number of carbonyl (C=O) groups is 1. The van der Waals surface area contributed by atoms with E-state index in [9.17, 15) is 31.1 Å². The van der Waals surface area contributed by atoms with Gasteiger partial charge >= 0.3 is 12.4 Å². The number of piperidine rings is 1. The minimum atomic E-state index is -4.67. The number of fused-ring (bicyclic) bond motifs is 1. The van der Waals surface area contributed by atoms with Crippen molar-refractivity contribution in [2.45, 2.75) is 63.0 Å². The number of aromatic nitrogens is 3. The number of carbonyl (C=O) groups excluding carboxylic acids is 1. The molecule has 0 saturated carbocycles. The van der Waals surface area contributed by atoms with Crippen molar-refractivity contribution in [2.24, 2.45) is 0 Å². The molecule has 5 heterocycles. The van der Waals surface area contributed by atoms with Gasteiger partial charge in [0.1, 0.15) is 5.82 Å². The highest BCUT2D eigenvalue weighted by atomic mass is 19.4. The van der Waals surface area contributed by atoms with Crippen molar-refractivity contribution < 1.29 is 31.1 Å². The summed E-state index contributed by atoms with van der Waals surface area (Å²) in [5, 5.41) is 2.05. The molecule has 1 amide bonds. The number of amides is 1. The lowest BCUT2D eigenvalue weighted by Gasteiger charge is -2.38. The maximum Gasteiger partial charge on any atom is 0.413 e. The third kappa shape index (κ3) is 5.70. The second-order valence-electron chi connectivity index (χ2n) is 9.94. The van der Waals surface area contributed by atoms with Gasteiger partial charge in [0.05, 0.1) is 24.2 Å². The average molecular weight is 531 g/mol. The van der Waals surface area contributed by atoms with E-state index in [-0.39, 0.29) is 29.3 Å². The summed E-state index contributed by atoms with van der Waals surface area (Å²) < 4.78 is 82.3. The molecule has 2 saturated heterocycles. The number of imidazole rings is 1. The number of alkyl halides is 6. The Bertz CT molecular complexity index is 1130. The summed E-state index contributed by atoms with van der Waals surface area (Å²) in [6, 6.07) is -0.597. The van der Waals surface area contributed by atoms with Crippen molar-refractivity contribution in [3.05, 3.63) is 41.2 Å². The highest BCUT2D eigenvalue weighted by Crippen LogP contribution is 2.42. The van der Waals surface area contributed by atoms with E-state index < -0.39 is 30.7 Å². The van der Waals surface area contributed by atoms with Crippen molar-refractivity contribution in [3.63, 3.8) is 0 Å². The maximum absolute atomic E-state index is 13.8. The van der Waals surface area contributed by atoms with Gasteiger partial charge < -0.3 is 19.7 Å². The predicted molar refractivity (Wildman–Crippen MR) is 122 cm³/mol. The number of nitrogens with one attached hydrogen (secondary N) is 1. The molecule has 202 valence electrons. The van der Waals surface area contributed by atoms with Crippen LogP contribution < -0.4 is 10.2 Å². The molecule has 0 unspecified atom stereocenters. The van der Waals surface area contributed by atoms with E-state index in [4.69, 9.17) is 0 Å². The van der Waals surface area contributed by atoms with Crippen molar-refractivity contribution in [3.8, 4) is 0 Å². The summed E-state index contributed by atoms with van der Waals surface area (Å²) in [7, 11) is 0. The van der Waals surface area contributed by atoms with Crippen LogP contribution in [0, 0.1) is 0 Å². The molecule has 2 aromatic heterocycles. The van der Waals surface area contributed by atoms with Gasteiger partial charge in [0.2, 0.25) is 5.91 Å². The van der Waals surface area contributed by atoms with Crippen LogP contribution in [0.15, 0.2) is 18.5 Å². The van der Waals surface area contributed by atoms with E-state index >= 15 is 0 Å². The van der Waals surface area contributed by atoms with Gasteiger partial charge in [-0.2, -0.15) is 26.3 Å². The topological polar surface area (TPSA) is 66.3 Å². The van der Waals surface area contributed by atoms with Gasteiger partial charge in [-0.25, -0.2) is 4.98 Å². The van der Waals surface area contributed by atoms with E-state index in [0.29, 0.717) is 44.0 Å². The summed E-state index contributed by atoms with van der Waals surface area (Å²) >= 11 is 0. The molecular weight excluding hydrogens is 502 g/mol. The van der Waals surface area contributed by atoms with Crippen LogP contribution in [-0.4, -0.2) is 70.4 Å². The summed E-state index contributed by atoms with van der Waals surface area (Å²) in [5.74, 6) is -0.222. The second-order valence-corrected chi connectivity index (χ2v) is 9.94. The van der Waals surface area contributed by atoms with Crippen LogP contribution in [0.5, 0.6) is 0 Å². The molecule has 5 rings (SSSR count). The van der Waals surface area contributed by atoms with Gasteiger partial charge in [-0.3, -0.25) is 9.78 Å². The highest BCUT2D eigenvalue weighted by molar-refractivity contribution is 5.82. The number of nitrogens with zero attached hydrogens (tertiary/aromatic N) is 5. The molecular formula is C24H28F6N6O. The lowest BCUT2D eigenvalue weighted by atomic mass is 9.92. The Hall–Kier alpha value is -2.83. The van der Waals surface area contributed by atoms with Crippen LogP contribution in [0.3, 0.4) is 0 Å². The predicted octanol–water partition coefficient (Wildman–Crippen LogP) is 3.75. The molecule has 0 aliphatic carbocycles. The van der Waals surface area contributed by atoms with Crippen LogP contribution in [-0.2, 0) is 24.2 Å². The number of hydrogen-bond acceptors (Lipinski definition) is 5. The molecule has 2 fully saturated rings. The maximum atomic E-state index is 13.8. The first-order chi connectivity index (χ1) is 17.5. The Morgan fingerprint density at radius 2 is 1.76 bits per heavy atom. The molecule has 1 N–H and O–H groups in total. The average Bonchev–Trinajstić information content (AvgIpc) is 3.17. The number of rotatable bonds is 6. The van der Waals surface area contributed by atoms with Crippen LogP contribution in [0.2, 0.25) is 0 Å². The third-order valence-corrected chi connectivity index (χ3v) is 7.34. The highest BCUT2D eigenvalue weighted by Gasteiger charge is 2.47. The van der Waals surface area contributed by atoms with Gasteiger partial charge in [-0.05, 0) is 38.4 Å². The Morgan fingerprint density at radius 1 is 1.03 bits per heavy atom. The lowest BCUT2D eigenvalue weighted by Crippen LogP contribution is -2.45. The van der Waals surface area contributed by atoms with E-state index in [2.05, 4.69) is 14.9 Å². The van der Waals surface area contributed by atoms with Crippen LogP contribution in [0.4, 0.5) is 32.0 Å². The summed E-state index contributed by atoms with van der Waals surface area (Å²) in [4.78, 5) is 24.3. The standard InChI is InChI=1S/C24H28F6N6O/c25-23(26,27)13-16-14-36(11-10-34-6-1-7-34)22(32-16)15-3-8-35(9-4-15)18-2-5-31-17-12-19(37)33-21(20(17)18)24(28,29)30/h2,5,14-15,21H,1,3-4,6-13H2,(H,33,37)/t21-/m1/s1. The Labute approximate surface area is 209 Å². The van der Waals surface area contributed by atoms with E-state index in [0.717, 1.165) is 26.1 Å². The number of pyridine rings is 1. The van der Waals surface area contributed by atoms with Crippen LogP contribution >= 0.6 is 0 Å². The molecule has 2 aromatic rings. The molecule has 0 bridgehead atoms. The van der Waals surface area contributed by atoms with Crippen LogP contribution in [0.25, 0.3) is 0 Å². The SMILES string of the molecule is O=C1Cc2nccc(N3CCC(c4nc(CC(F)(F)F)cn4CCN4CCC4)CC3)c2[C@H](C(F)(F)F)N1. The molecule has 13 heteroatoms. The minimum absolute atomic E-state index is 0.0134. The zero-order chi connectivity index (χ0) is 26.4. The smallest absolute Gasteiger partial charge is 0.371 e. The fraction of sp³-hybridized carbons (Fsp3) is 0.625. The monoisotopic (exact) mass is 530 g/mol. The number of hydrogen-bond donors (Lipinski definition) is 1. The fourth-order valence-corrected chi connectivity index (χ4v) is 5.43. The van der Waals surface area contributed by atoms with Gasteiger partial charge in [0.25, 0.3) is 0 Å². The normalized spacial score (nSPS) is 21.5. The first kappa shape index (κ1) is 25.8. The molecule has 0 spiro atoms. The first-order valence-electron chi connectivity index (χ1n) is 12.4. The van der Waals surface area contributed by atoms with E-state index in [1.54, 1.807) is 0 Å². The number of anilines is 1. The molecule has 1 atom stereocenters. The Balaban J connectivity index is 1.35. The molecule has 3 aliphatic heterocycles. The molecule has 3 aliphatic rings. The largest absolute Gasteiger partial charge is 0.413 e. The van der Waals surface area contributed by atoms with Gasteiger partial charge in [-0.1, -0.05) is 0 Å². The summed E-state index contributed by atoms with van der Waals surface area (Å²) in [6.07, 6.45) is -5.25. The van der Waals surface area contributed by atoms with Crippen molar-refractivity contribution in [2.75, 3.05) is 37.6 Å². The van der Waals surface area contributed by atoms with Crippen molar-refractivity contribution in [1.82, 2.24) is 24.8 Å². The zero-order valence-corrected chi connectivity index (χ0v) is 20.1. The Morgan fingerprint density at radius 3 is 2.38 bits per heavy atom. The second kappa shape index (κ2) is 9.80. The van der Waals surface area contributed by atoms with Gasteiger partial charge in [0.15, 0.2) is 6.04 Å². The Kier molecular flexibility index (Phi) is 6.84. The lowest BCUT2D eigenvalue weighted by molar-refractivity contribution is -0.165. The molecule has 0 radical (unpaired) electrons. The molecule has 37 heavy (non-hydrogen) atoms. The van der Waals surface area contributed by atoms with Gasteiger partial charge in [-0.15, -0.1) is 0 Å². The molecule has 7 nitrogen and oxygen atoms in total. The summed E-state index contributed by atoms with van der Waals surface area (Å²) in [5.41, 5.74) is 0.450. The number of halogens is 6. The van der Waals surface area contributed by atoms with Crippen LogP contribution in [0.1, 0.15) is 54.0 Å². The summed E-state index contributed by atoms with van der Waals surface area (Å²) in [6.45, 7) is 4.06. The fourth-order valence-electron chi connectivity index (χ4n) is 5.43.